The second-order valence-corrected chi connectivity index (χ2v) is 7.62. The van der Waals surface area contributed by atoms with E-state index in [1.165, 1.54) is 28.8 Å². The zero-order valence-electron chi connectivity index (χ0n) is 14.4. The Morgan fingerprint density at radius 3 is 2.62 bits per heavy atom. The maximum Gasteiger partial charge on any atom is 0.267 e. The van der Waals surface area contributed by atoms with Gasteiger partial charge in [-0.3, -0.25) is 9.69 Å². The highest BCUT2D eigenvalue weighted by atomic mass is 32.2. The van der Waals surface area contributed by atoms with E-state index >= 15 is 0 Å². The highest BCUT2D eigenvalue weighted by Crippen LogP contribution is 2.32. The molecule has 1 N–H and O–H groups in total. The van der Waals surface area contributed by atoms with Crippen LogP contribution in [0, 0.1) is 5.82 Å². The molecule has 0 unspecified atom stereocenters. The van der Waals surface area contributed by atoms with Gasteiger partial charge in [-0.25, -0.2) is 4.39 Å². The Morgan fingerprint density at radius 1 is 1.23 bits per heavy atom. The lowest BCUT2D eigenvalue weighted by molar-refractivity contribution is -0.121. The molecule has 2 aromatic rings. The van der Waals surface area contributed by atoms with Crippen LogP contribution in [0.2, 0.25) is 0 Å². The van der Waals surface area contributed by atoms with Crippen molar-refractivity contribution in [1.82, 2.24) is 4.90 Å². The van der Waals surface area contributed by atoms with Gasteiger partial charge in [0.2, 0.25) is 0 Å². The van der Waals surface area contributed by atoms with Gasteiger partial charge in [-0.2, -0.15) is 0 Å². The predicted molar refractivity (Wildman–Crippen MR) is 111 cm³/mol. The number of amides is 1. The van der Waals surface area contributed by atoms with Crippen LogP contribution in [-0.2, 0) is 4.79 Å². The van der Waals surface area contributed by atoms with Crippen LogP contribution in [0.25, 0.3) is 6.08 Å². The van der Waals surface area contributed by atoms with Crippen molar-refractivity contribution in [2.45, 2.75) is 0 Å². The Hall–Kier alpha value is -2.38. The minimum atomic E-state index is -0.332. The summed E-state index contributed by atoms with van der Waals surface area (Å²) in [6.45, 7) is 0.199. The molecular formula is C19H18FN3OS2. The highest BCUT2D eigenvalue weighted by molar-refractivity contribution is 8.26. The Labute approximate surface area is 161 Å². The van der Waals surface area contributed by atoms with Gasteiger partial charge in [0.25, 0.3) is 5.91 Å². The maximum atomic E-state index is 13.2. The van der Waals surface area contributed by atoms with Crippen molar-refractivity contribution in [3.05, 3.63) is 64.8 Å². The summed E-state index contributed by atoms with van der Waals surface area (Å²) in [7, 11) is 3.96. The van der Waals surface area contributed by atoms with Crippen LogP contribution in [0.5, 0.6) is 0 Å². The van der Waals surface area contributed by atoms with Crippen LogP contribution in [0.4, 0.5) is 15.8 Å². The molecule has 0 aliphatic carbocycles. The van der Waals surface area contributed by atoms with Crippen molar-refractivity contribution in [2.24, 2.45) is 0 Å². The summed E-state index contributed by atoms with van der Waals surface area (Å²) in [5, 5.41) is 3.02. The van der Waals surface area contributed by atoms with Crippen LogP contribution in [0.15, 0.2) is 53.4 Å². The standard InChI is InChI=1S/C19H18FN3OS2/c1-22(2)16-8-6-13(7-9-16)10-17-18(24)23(19(25)26-17)12-21-15-5-3-4-14(20)11-15/h3-11,21H,12H2,1-2H3. The molecule has 1 saturated heterocycles. The molecule has 1 heterocycles. The number of thioether (sulfide) groups is 1. The van der Waals surface area contributed by atoms with Gasteiger partial charge in [0, 0.05) is 25.5 Å². The van der Waals surface area contributed by atoms with Crippen molar-refractivity contribution in [3.8, 4) is 0 Å². The van der Waals surface area contributed by atoms with Crippen LogP contribution in [0.3, 0.4) is 0 Å². The highest BCUT2D eigenvalue weighted by Gasteiger charge is 2.31. The van der Waals surface area contributed by atoms with Gasteiger partial charge < -0.3 is 10.2 Å². The minimum Gasteiger partial charge on any atom is -0.378 e. The van der Waals surface area contributed by atoms with Crippen molar-refractivity contribution in [1.29, 1.82) is 0 Å². The number of anilines is 2. The molecule has 0 radical (unpaired) electrons. The molecule has 0 spiro atoms. The first-order valence-corrected chi connectivity index (χ1v) is 9.19. The first-order valence-electron chi connectivity index (χ1n) is 7.96. The Kier molecular flexibility index (Phi) is 5.58. The summed E-state index contributed by atoms with van der Waals surface area (Å²) >= 11 is 6.58. The van der Waals surface area contributed by atoms with Gasteiger partial charge in [-0.05, 0) is 42.0 Å². The summed E-state index contributed by atoms with van der Waals surface area (Å²) in [4.78, 5) is 16.7. The van der Waals surface area contributed by atoms with Gasteiger partial charge in [0.05, 0.1) is 11.6 Å². The van der Waals surface area contributed by atoms with Gasteiger partial charge in [-0.15, -0.1) is 0 Å². The molecule has 3 rings (SSSR count). The molecule has 2 aromatic carbocycles. The number of carbonyl (C=O) groups is 1. The lowest BCUT2D eigenvalue weighted by Gasteiger charge is -2.16. The van der Waals surface area contributed by atoms with Crippen molar-refractivity contribution in [2.75, 3.05) is 31.0 Å². The number of hydrogen-bond acceptors (Lipinski definition) is 5. The van der Waals surface area contributed by atoms with E-state index in [2.05, 4.69) is 5.32 Å². The monoisotopic (exact) mass is 387 g/mol. The van der Waals surface area contributed by atoms with E-state index < -0.39 is 0 Å². The predicted octanol–water partition coefficient (Wildman–Crippen LogP) is 4.16. The average Bonchev–Trinajstić information content (AvgIpc) is 2.87. The van der Waals surface area contributed by atoms with Crippen LogP contribution >= 0.6 is 24.0 Å². The van der Waals surface area contributed by atoms with Crippen LogP contribution < -0.4 is 10.2 Å². The normalized spacial score (nSPS) is 15.7. The number of rotatable bonds is 5. The van der Waals surface area contributed by atoms with E-state index in [4.69, 9.17) is 12.2 Å². The maximum absolute atomic E-state index is 13.2. The number of benzene rings is 2. The molecule has 7 heteroatoms. The molecule has 1 fully saturated rings. The zero-order chi connectivity index (χ0) is 18.7. The SMILES string of the molecule is CN(C)c1ccc(C=C2SC(=S)N(CNc3cccc(F)c3)C2=O)cc1. The number of nitrogens with zero attached hydrogens (tertiary/aromatic N) is 2. The lowest BCUT2D eigenvalue weighted by atomic mass is 10.2. The Morgan fingerprint density at radius 2 is 1.96 bits per heavy atom. The molecule has 0 bridgehead atoms. The fraction of sp³-hybridized carbons (Fsp3) is 0.158. The first-order chi connectivity index (χ1) is 12.4. The van der Waals surface area contributed by atoms with E-state index in [0.717, 1.165) is 11.3 Å². The van der Waals surface area contributed by atoms with E-state index in [9.17, 15) is 9.18 Å². The smallest absolute Gasteiger partial charge is 0.267 e. The Bertz CT molecular complexity index is 865. The van der Waals surface area contributed by atoms with E-state index in [0.29, 0.717) is 14.9 Å². The van der Waals surface area contributed by atoms with E-state index in [1.54, 1.807) is 12.1 Å². The molecule has 134 valence electrons. The van der Waals surface area contributed by atoms with Crippen molar-refractivity contribution >= 4 is 51.7 Å². The molecule has 1 amide bonds. The third-order valence-electron chi connectivity index (χ3n) is 3.85. The van der Waals surface area contributed by atoms with Gasteiger partial charge in [-0.1, -0.05) is 42.2 Å². The summed E-state index contributed by atoms with van der Waals surface area (Å²) in [6, 6.07) is 14.0. The second kappa shape index (κ2) is 7.88. The van der Waals surface area contributed by atoms with Crippen LogP contribution in [0.1, 0.15) is 5.56 Å². The molecule has 4 nitrogen and oxygen atoms in total. The fourth-order valence-electron chi connectivity index (χ4n) is 2.43. The summed E-state index contributed by atoms with van der Waals surface area (Å²) in [5.74, 6) is -0.484. The quantitative estimate of drug-likeness (QED) is 0.616. The van der Waals surface area contributed by atoms with E-state index in [-0.39, 0.29) is 18.4 Å². The van der Waals surface area contributed by atoms with Gasteiger partial charge in [0.15, 0.2) is 0 Å². The molecule has 1 aliphatic heterocycles. The Balaban J connectivity index is 1.69. The van der Waals surface area contributed by atoms with Crippen molar-refractivity contribution < 1.29 is 9.18 Å². The topological polar surface area (TPSA) is 35.6 Å². The third kappa shape index (κ3) is 4.23. The molecule has 0 aromatic heterocycles. The number of halogens is 1. The molecule has 0 saturated carbocycles. The van der Waals surface area contributed by atoms with Crippen molar-refractivity contribution in [3.63, 3.8) is 0 Å². The minimum absolute atomic E-state index is 0.152. The number of hydrogen-bond donors (Lipinski definition) is 1. The summed E-state index contributed by atoms with van der Waals surface area (Å²) in [6.07, 6.45) is 1.83. The summed E-state index contributed by atoms with van der Waals surface area (Å²) < 4.78 is 13.7. The zero-order valence-corrected chi connectivity index (χ0v) is 16.0. The molecular weight excluding hydrogens is 369 g/mol. The lowest BCUT2D eigenvalue weighted by Crippen LogP contribution is -2.33. The number of carbonyl (C=O) groups excluding carboxylic acids is 1. The third-order valence-corrected chi connectivity index (χ3v) is 5.22. The van der Waals surface area contributed by atoms with Gasteiger partial charge in [0.1, 0.15) is 10.1 Å². The largest absolute Gasteiger partial charge is 0.378 e. The van der Waals surface area contributed by atoms with E-state index in [1.807, 2.05) is 49.3 Å². The average molecular weight is 388 g/mol. The van der Waals surface area contributed by atoms with Gasteiger partial charge >= 0.3 is 0 Å². The number of thiocarbonyl (C=S) groups is 1. The molecule has 26 heavy (non-hydrogen) atoms. The summed E-state index contributed by atoms with van der Waals surface area (Å²) in [5.41, 5.74) is 2.63. The second-order valence-electron chi connectivity index (χ2n) is 5.94. The fourth-order valence-corrected chi connectivity index (χ4v) is 3.68. The first kappa shape index (κ1) is 18.4. The molecule has 0 atom stereocenters. The molecule has 1 aliphatic rings. The van der Waals surface area contributed by atoms with Crippen LogP contribution in [-0.4, -0.2) is 35.9 Å². The number of nitrogens with one attached hydrogen (secondary N) is 1.